The largest absolute Gasteiger partial charge is 0.469 e. The molecule has 0 saturated carbocycles. The molecule has 0 aromatic carbocycles. The van der Waals surface area contributed by atoms with E-state index >= 15 is 0 Å². The molecule has 0 rings (SSSR count). The van der Waals surface area contributed by atoms with Crippen molar-refractivity contribution in [2.24, 2.45) is 16.7 Å². The molecule has 0 spiro atoms. The van der Waals surface area contributed by atoms with Crippen molar-refractivity contribution in [1.82, 2.24) is 0 Å². The van der Waals surface area contributed by atoms with Crippen LogP contribution in [-0.4, -0.2) is 102 Å². The standard InChI is InChI=1S/C24H33F12O11P/c1-5-19(4,17(40)45-7-6-37)11-13(14(38)44-8-9-47-48(41,42)43)10-18(2,3)16(39)46-12-20(27,28)22(31,32)24(35,36)23(33,34)21(29,30)15(25)26/h13,15,37H,5-12H2,1-4H3,(H2,41,42,43). The smallest absolute Gasteiger partial charge is 0.463 e. The molecule has 48 heavy (non-hydrogen) atoms. The van der Waals surface area contributed by atoms with Gasteiger partial charge in [-0.1, -0.05) is 6.92 Å². The molecule has 0 bridgehead atoms. The van der Waals surface area contributed by atoms with Gasteiger partial charge in [-0.3, -0.25) is 18.9 Å². The maximum atomic E-state index is 14.2. The lowest BCUT2D eigenvalue weighted by Gasteiger charge is -2.39. The van der Waals surface area contributed by atoms with Crippen LogP contribution in [0.1, 0.15) is 47.0 Å². The molecule has 3 N–H and O–H groups in total. The average molecular weight is 756 g/mol. The fraction of sp³-hybridized carbons (Fsp3) is 0.875. The van der Waals surface area contributed by atoms with Crippen molar-refractivity contribution in [2.75, 3.05) is 33.0 Å². The van der Waals surface area contributed by atoms with Crippen LogP contribution in [0.3, 0.4) is 0 Å². The third-order valence-corrected chi connectivity index (χ3v) is 7.37. The topological polar surface area (TPSA) is 166 Å². The first-order chi connectivity index (χ1) is 21.3. The fourth-order valence-electron chi connectivity index (χ4n) is 3.80. The number of aliphatic hydroxyl groups excluding tert-OH is 1. The van der Waals surface area contributed by atoms with Gasteiger partial charge in [-0.25, -0.2) is 13.3 Å². The summed E-state index contributed by atoms with van der Waals surface area (Å²) >= 11 is 0. The van der Waals surface area contributed by atoms with Crippen molar-refractivity contribution in [2.45, 2.75) is 83.0 Å². The number of halogens is 12. The Labute approximate surface area is 264 Å². The zero-order valence-electron chi connectivity index (χ0n) is 25.4. The molecule has 0 aliphatic carbocycles. The van der Waals surface area contributed by atoms with E-state index in [-0.39, 0.29) is 6.42 Å². The Hall–Kier alpha value is -2.36. The number of rotatable bonds is 21. The highest BCUT2D eigenvalue weighted by atomic mass is 31.2. The number of carbonyl (C=O) groups excluding carboxylic acids is 3. The lowest BCUT2D eigenvalue weighted by atomic mass is 9.73. The molecular weight excluding hydrogens is 723 g/mol. The van der Waals surface area contributed by atoms with Gasteiger partial charge < -0.3 is 29.1 Å². The molecule has 0 radical (unpaired) electrons. The summed E-state index contributed by atoms with van der Waals surface area (Å²) in [5.74, 6) is -43.0. The first-order valence-electron chi connectivity index (χ1n) is 13.3. The normalized spacial score (nSPS) is 15.9. The van der Waals surface area contributed by atoms with E-state index in [4.69, 9.17) is 24.4 Å². The molecule has 0 amide bonds. The van der Waals surface area contributed by atoms with Gasteiger partial charge in [0, 0.05) is 0 Å². The number of phosphoric ester groups is 1. The van der Waals surface area contributed by atoms with Gasteiger partial charge in [-0.15, -0.1) is 0 Å². The van der Waals surface area contributed by atoms with E-state index in [1.54, 1.807) is 0 Å². The van der Waals surface area contributed by atoms with Crippen LogP contribution in [0, 0.1) is 16.7 Å². The molecule has 0 aliphatic rings. The van der Waals surface area contributed by atoms with E-state index in [9.17, 15) is 71.6 Å². The van der Waals surface area contributed by atoms with Crippen molar-refractivity contribution in [3.05, 3.63) is 0 Å². The first kappa shape index (κ1) is 45.6. The van der Waals surface area contributed by atoms with Crippen LogP contribution < -0.4 is 0 Å². The minimum Gasteiger partial charge on any atom is -0.463 e. The van der Waals surface area contributed by atoms with E-state index in [2.05, 4.69) is 9.26 Å². The number of hydrogen-bond acceptors (Lipinski definition) is 9. The molecule has 0 fully saturated rings. The summed E-state index contributed by atoms with van der Waals surface area (Å²) in [7, 11) is -5.03. The molecule has 284 valence electrons. The summed E-state index contributed by atoms with van der Waals surface area (Å²) in [6, 6.07) is 0. The lowest BCUT2D eigenvalue weighted by molar-refractivity contribution is -0.414. The second-order valence-electron chi connectivity index (χ2n) is 11.2. The fourth-order valence-corrected chi connectivity index (χ4v) is 4.11. The Bertz CT molecular complexity index is 1160. The van der Waals surface area contributed by atoms with E-state index in [1.807, 2.05) is 0 Å². The van der Waals surface area contributed by atoms with Gasteiger partial charge in [0.2, 0.25) is 0 Å². The third kappa shape index (κ3) is 10.6. The van der Waals surface area contributed by atoms with Crippen molar-refractivity contribution in [1.29, 1.82) is 0 Å². The zero-order valence-corrected chi connectivity index (χ0v) is 26.3. The number of ether oxygens (including phenoxy) is 3. The lowest BCUT2D eigenvalue weighted by Crippen LogP contribution is -2.69. The van der Waals surface area contributed by atoms with Crippen LogP contribution in [0.15, 0.2) is 0 Å². The van der Waals surface area contributed by atoms with Gasteiger partial charge in [-0.2, -0.15) is 43.9 Å². The van der Waals surface area contributed by atoms with Crippen LogP contribution >= 0.6 is 7.82 Å². The van der Waals surface area contributed by atoms with Crippen LogP contribution in [-0.2, 0) is 37.7 Å². The molecule has 24 heteroatoms. The number of aliphatic hydroxyl groups is 1. The summed E-state index contributed by atoms with van der Waals surface area (Å²) < 4.78 is 190. The molecule has 2 unspecified atom stereocenters. The Morgan fingerprint density at radius 1 is 0.729 bits per heavy atom. The van der Waals surface area contributed by atoms with Gasteiger partial charge in [-0.05, 0) is 40.0 Å². The first-order valence-corrected chi connectivity index (χ1v) is 14.8. The van der Waals surface area contributed by atoms with Gasteiger partial charge in [0.05, 0.1) is 30.0 Å². The maximum Gasteiger partial charge on any atom is 0.469 e. The second kappa shape index (κ2) is 16.1. The molecule has 0 heterocycles. The van der Waals surface area contributed by atoms with E-state index < -0.39 is 124 Å². The molecule has 0 aromatic heterocycles. The third-order valence-electron chi connectivity index (χ3n) is 6.85. The zero-order chi connectivity index (χ0) is 38.4. The van der Waals surface area contributed by atoms with Crippen molar-refractivity contribution in [3.8, 4) is 0 Å². The molecule has 0 saturated heterocycles. The minimum atomic E-state index is -7.85. The highest BCUT2D eigenvalue weighted by Crippen LogP contribution is 2.58. The Morgan fingerprint density at radius 2 is 1.25 bits per heavy atom. The van der Waals surface area contributed by atoms with E-state index in [1.165, 1.54) is 13.8 Å². The SMILES string of the molecule is CCC(C)(CC(CC(C)(C)C(=O)OCC(F)(F)C(F)(F)C(F)(F)C(F)(F)C(F)(F)C(F)F)C(=O)OCCOP(=O)(O)O)C(=O)OCCO. The summed E-state index contributed by atoms with van der Waals surface area (Å²) in [5, 5.41) is 8.90. The molecule has 0 aliphatic heterocycles. The van der Waals surface area contributed by atoms with Gasteiger partial charge in [0.1, 0.15) is 13.2 Å². The number of hydrogen-bond donors (Lipinski definition) is 3. The minimum absolute atomic E-state index is 0.113. The predicted octanol–water partition coefficient (Wildman–Crippen LogP) is 5.00. The number of esters is 3. The number of alkyl halides is 12. The summed E-state index contributed by atoms with van der Waals surface area (Å²) in [6.07, 6.45) is -7.34. The average Bonchev–Trinajstić information content (AvgIpc) is 2.94. The molecule has 0 aromatic rings. The second-order valence-corrected chi connectivity index (χ2v) is 12.4. The quantitative estimate of drug-likeness (QED) is 0.0475. The Morgan fingerprint density at radius 3 is 1.69 bits per heavy atom. The van der Waals surface area contributed by atoms with E-state index in [0.29, 0.717) is 0 Å². The van der Waals surface area contributed by atoms with Crippen molar-refractivity contribution >= 4 is 25.7 Å². The van der Waals surface area contributed by atoms with Gasteiger partial charge in [0.15, 0.2) is 6.61 Å². The van der Waals surface area contributed by atoms with E-state index in [0.717, 1.165) is 13.8 Å². The molecule has 11 nitrogen and oxygen atoms in total. The Kier molecular flexibility index (Phi) is 15.3. The number of phosphoric acid groups is 1. The van der Waals surface area contributed by atoms with Crippen molar-refractivity contribution < 1.29 is 105 Å². The molecular formula is C24H33F12O11P. The highest BCUT2D eigenvalue weighted by Gasteiger charge is 2.88. The number of carbonyl (C=O) groups is 3. The van der Waals surface area contributed by atoms with Gasteiger partial charge in [0.25, 0.3) is 0 Å². The van der Waals surface area contributed by atoms with Crippen LogP contribution in [0.2, 0.25) is 0 Å². The summed E-state index contributed by atoms with van der Waals surface area (Å²) in [4.78, 5) is 55.5. The molecule has 2 atom stereocenters. The van der Waals surface area contributed by atoms with Crippen molar-refractivity contribution in [3.63, 3.8) is 0 Å². The van der Waals surface area contributed by atoms with Crippen LogP contribution in [0.5, 0.6) is 0 Å². The summed E-state index contributed by atoms with van der Waals surface area (Å²) in [5.41, 5.74) is -3.94. The van der Waals surface area contributed by atoms with Crippen LogP contribution in [0.25, 0.3) is 0 Å². The Balaban J connectivity index is 6.23. The van der Waals surface area contributed by atoms with Crippen LogP contribution in [0.4, 0.5) is 52.7 Å². The monoisotopic (exact) mass is 756 g/mol. The highest BCUT2D eigenvalue weighted by molar-refractivity contribution is 7.46. The predicted molar refractivity (Wildman–Crippen MR) is 134 cm³/mol. The summed E-state index contributed by atoms with van der Waals surface area (Å²) in [6.45, 7) is -1.85. The maximum absolute atomic E-state index is 14.2. The van der Waals surface area contributed by atoms with Gasteiger partial charge >= 0.3 is 61.8 Å².